The van der Waals surface area contributed by atoms with Crippen LogP contribution in [0.1, 0.15) is 12.5 Å². The van der Waals surface area contributed by atoms with Gasteiger partial charge in [-0.25, -0.2) is 8.42 Å². The summed E-state index contributed by atoms with van der Waals surface area (Å²) in [6.45, 7) is 0.983. The van der Waals surface area contributed by atoms with E-state index in [1.54, 1.807) is 0 Å². The number of halogens is 1. The van der Waals surface area contributed by atoms with Crippen molar-refractivity contribution in [2.24, 2.45) is 0 Å². The van der Waals surface area contributed by atoms with Crippen molar-refractivity contribution in [3.63, 3.8) is 0 Å². The van der Waals surface area contributed by atoms with E-state index in [0.717, 1.165) is 20.6 Å². The van der Waals surface area contributed by atoms with Crippen molar-refractivity contribution < 1.29 is 22.8 Å². The van der Waals surface area contributed by atoms with Crippen LogP contribution in [0.15, 0.2) is 28.7 Å². The molecule has 1 aromatic rings. The summed E-state index contributed by atoms with van der Waals surface area (Å²) in [4.78, 5) is 38.1. The Morgan fingerprint density at radius 3 is 2.57 bits per heavy atom. The lowest BCUT2D eigenvalue weighted by Gasteiger charge is -2.44. The zero-order valence-corrected chi connectivity index (χ0v) is 18.3. The van der Waals surface area contributed by atoms with Gasteiger partial charge in [0.1, 0.15) is 5.54 Å². The lowest BCUT2D eigenvalue weighted by atomic mass is 9.96. The van der Waals surface area contributed by atoms with E-state index in [4.69, 9.17) is 0 Å². The predicted octanol–water partition coefficient (Wildman–Crippen LogP) is -0.326. The van der Waals surface area contributed by atoms with E-state index in [9.17, 15) is 22.8 Å². The first-order valence-electron chi connectivity index (χ1n) is 8.45. The number of rotatable bonds is 6. The smallest absolute Gasteiger partial charge is 0.247 e. The van der Waals surface area contributed by atoms with Gasteiger partial charge in [0.05, 0.1) is 19.3 Å². The molecule has 11 heteroatoms. The highest BCUT2D eigenvalue weighted by molar-refractivity contribution is 9.10. The number of sulfonamides is 1. The van der Waals surface area contributed by atoms with Crippen LogP contribution in [0.4, 0.5) is 0 Å². The molecule has 154 valence electrons. The van der Waals surface area contributed by atoms with E-state index < -0.39 is 33.3 Å². The van der Waals surface area contributed by atoms with Crippen LogP contribution in [0.25, 0.3) is 0 Å². The first-order chi connectivity index (χ1) is 12.9. The molecule has 3 amide bonds. The second-order valence-electron chi connectivity index (χ2n) is 6.85. The summed E-state index contributed by atoms with van der Waals surface area (Å²) in [5.74, 6) is -1.50. The van der Waals surface area contributed by atoms with Gasteiger partial charge in [0.25, 0.3) is 0 Å². The lowest BCUT2D eigenvalue weighted by molar-refractivity contribution is -0.150. The monoisotopic (exact) mass is 474 g/mol. The molecule has 1 unspecified atom stereocenters. The van der Waals surface area contributed by atoms with E-state index in [-0.39, 0.29) is 19.6 Å². The number of nitrogens with one attached hydrogen (secondary N) is 2. The second-order valence-corrected chi connectivity index (χ2v) is 9.75. The quantitative estimate of drug-likeness (QED) is 0.585. The molecule has 1 atom stereocenters. The van der Waals surface area contributed by atoms with Crippen molar-refractivity contribution in [1.29, 1.82) is 0 Å². The molecule has 9 nitrogen and oxygen atoms in total. The summed E-state index contributed by atoms with van der Waals surface area (Å²) in [5.41, 5.74) is -0.523. The third-order valence-corrected chi connectivity index (χ3v) is 6.35. The van der Waals surface area contributed by atoms with Gasteiger partial charge in [0, 0.05) is 24.6 Å². The fourth-order valence-electron chi connectivity index (χ4n) is 2.76. The van der Waals surface area contributed by atoms with Crippen molar-refractivity contribution in [2.75, 3.05) is 32.9 Å². The molecule has 0 radical (unpaired) electrons. The average molecular weight is 475 g/mol. The van der Waals surface area contributed by atoms with E-state index in [2.05, 4.69) is 26.6 Å². The van der Waals surface area contributed by atoms with E-state index >= 15 is 0 Å². The predicted molar refractivity (Wildman–Crippen MR) is 107 cm³/mol. The topological polar surface area (TPSA) is 116 Å². The maximum atomic E-state index is 12.7. The van der Waals surface area contributed by atoms with Gasteiger partial charge in [-0.2, -0.15) is 4.31 Å². The maximum Gasteiger partial charge on any atom is 0.247 e. The summed E-state index contributed by atoms with van der Waals surface area (Å²) in [6.07, 6.45) is 0.985. The first-order valence-corrected chi connectivity index (χ1v) is 11.1. The summed E-state index contributed by atoms with van der Waals surface area (Å²) >= 11 is 3.35. The molecule has 28 heavy (non-hydrogen) atoms. The van der Waals surface area contributed by atoms with Gasteiger partial charge in [0.15, 0.2) is 0 Å². The summed E-state index contributed by atoms with van der Waals surface area (Å²) < 4.78 is 25.5. The van der Waals surface area contributed by atoms with E-state index in [1.165, 1.54) is 18.9 Å². The fraction of sp³-hybridized carbons (Fsp3) is 0.471. The van der Waals surface area contributed by atoms with Crippen LogP contribution >= 0.6 is 15.9 Å². The van der Waals surface area contributed by atoms with Crippen molar-refractivity contribution >= 4 is 43.7 Å². The highest BCUT2D eigenvalue weighted by atomic mass is 79.9. The maximum absolute atomic E-state index is 12.7. The molecule has 0 aliphatic carbocycles. The molecule has 1 aliphatic rings. The zero-order valence-electron chi connectivity index (χ0n) is 15.9. The van der Waals surface area contributed by atoms with Crippen LogP contribution in [-0.2, 0) is 31.0 Å². The number of amides is 3. The van der Waals surface area contributed by atoms with E-state index in [0.29, 0.717) is 6.54 Å². The van der Waals surface area contributed by atoms with Crippen LogP contribution in [0.5, 0.6) is 0 Å². The van der Waals surface area contributed by atoms with Gasteiger partial charge in [-0.15, -0.1) is 0 Å². The molecule has 2 rings (SSSR count). The number of nitrogens with zero attached hydrogens (tertiary/aromatic N) is 2. The first kappa shape index (κ1) is 22.3. The molecular formula is C17H23BrN4O5S. The van der Waals surface area contributed by atoms with Gasteiger partial charge in [-0.05, 0) is 24.6 Å². The lowest BCUT2D eigenvalue weighted by Crippen LogP contribution is -2.68. The van der Waals surface area contributed by atoms with Crippen molar-refractivity contribution in [3.8, 4) is 0 Å². The average Bonchev–Trinajstić information content (AvgIpc) is 2.61. The van der Waals surface area contributed by atoms with Gasteiger partial charge in [-0.1, -0.05) is 28.1 Å². The molecule has 0 spiro atoms. The summed E-state index contributed by atoms with van der Waals surface area (Å²) in [5, 5.41) is 5.18. The van der Waals surface area contributed by atoms with Crippen molar-refractivity contribution in [3.05, 3.63) is 34.3 Å². The van der Waals surface area contributed by atoms with Gasteiger partial charge in [-0.3, -0.25) is 14.4 Å². The minimum atomic E-state index is -3.64. The van der Waals surface area contributed by atoms with Gasteiger partial charge >= 0.3 is 0 Å². The van der Waals surface area contributed by atoms with Crippen LogP contribution in [-0.4, -0.2) is 73.8 Å². The highest BCUT2D eigenvalue weighted by Gasteiger charge is 2.47. The Morgan fingerprint density at radius 2 is 1.96 bits per heavy atom. The number of piperazine rings is 1. The number of carbonyl (C=O) groups excluding carboxylic acids is 3. The third kappa shape index (κ3) is 5.30. The van der Waals surface area contributed by atoms with Crippen LogP contribution < -0.4 is 10.6 Å². The molecule has 0 bridgehead atoms. The SMILES string of the molecule is CN1C(=O)CN(S(C)(=O)=O)CC1(C)C(=O)NCC(=O)NCc1cccc(Br)c1. The van der Waals surface area contributed by atoms with Crippen LogP contribution in [0.2, 0.25) is 0 Å². The molecule has 1 fully saturated rings. The Kier molecular flexibility index (Phi) is 6.84. The van der Waals surface area contributed by atoms with Crippen molar-refractivity contribution in [2.45, 2.75) is 19.0 Å². The van der Waals surface area contributed by atoms with Gasteiger partial charge < -0.3 is 15.5 Å². The number of hydrogen-bond acceptors (Lipinski definition) is 5. The Morgan fingerprint density at radius 1 is 1.29 bits per heavy atom. The molecule has 1 heterocycles. The largest absolute Gasteiger partial charge is 0.350 e. The van der Waals surface area contributed by atoms with Crippen LogP contribution in [0, 0.1) is 0 Å². The molecule has 1 aliphatic heterocycles. The van der Waals surface area contributed by atoms with Crippen LogP contribution in [0.3, 0.4) is 0 Å². The van der Waals surface area contributed by atoms with Gasteiger partial charge in [0.2, 0.25) is 27.7 Å². The van der Waals surface area contributed by atoms with Crippen molar-refractivity contribution in [1.82, 2.24) is 19.8 Å². The Bertz CT molecular complexity index is 891. The summed E-state index contributed by atoms with van der Waals surface area (Å²) in [7, 11) is -2.20. The number of benzene rings is 1. The second kappa shape index (κ2) is 8.58. The van der Waals surface area contributed by atoms with E-state index in [1.807, 2.05) is 24.3 Å². The zero-order chi connectivity index (χ0) is 21.1. The summed E-state index contributed by atoms with van der Waals surface area (Å²) in [6, 6.07) is 7.43. The fourth-order valence-corrected chi connectivity index (χ4v) is 4.03. The number of likely N-dealkylation sites (N-methyl/N-ethyl adjacent to an activating group) is 1. The molecule has 2 N–H and O–H groups in total. The Labute approximate surface area is 172 Å². The standard InChI is InChI=1S/C17H23BrN4O5S/c1-17(11-22(28(3,26)27)10-15(24)21(17)2)16(25)20-9-14(23)19-8-12-5-4-6-13(18)7-12/h4-7H,8-11H2,1-3H3,(H,19,23)(H,20,25). The minimum Gasteiger partial charge on any atom is -0.350 e. The molecule has 0 aromatic heterocycles. The molecule has 1 aromatic carbocycles. The molecule has 0 saturated carbocycles. The number of carbonyl (C=O) groups is 3. The Hall–Kier alpha value is -1.98. The molecule has 1 saturated heterocycles. The number of hydrogen-bond donors (Lipinski definition) is 2. The Balaban J connectivity index is 1.96. The normalized spacial score (nSPS) is 20.7. The molecular weight excluding hydrogens is 452 g/mol. The third-order valence-electron chi connectivity index (χ3n) is 4.66. The highest BCUT2D eigenvalue weighted by Crippen LogP contribution is 2.22. The minimum absolute atomic E-state index is 0.181.